The molecule has 4 nitrogen and oxygen atoms in total. The smallest absolute Gasteiger partial charge is 0.0956 e. The molecule has 0 saturated carbocycles. The first-order chi connectivity index (χ1) is 7.31. The lowest BCUT2D eigenvalue weighted by Crippen LogP contribution is -1.91. The minimum absolute atomic E-state index is 0.143. The number of rotatable bonds is 3. The Morgan fingerprint density at radius 2 is 2.07 bits per heavy atom. The number of aliphatic hydroxyl groups is 1. The summed E-state index contributed by atoms with van der Waals surface area (Å²) in [6.07, 6.45) is 6.05. The topological polar surface area (TPSA) is 50.9 Å². The quantitative estimate of drug-likeness (QED) is 0.810. The fourth-order valence-corrected chi connectivity index (χ4v) is 1.59. The van der Waals surface area contributed by atoms with Crippen LogP contribution in [-0.4, -0.2) is 26.5 Å². The van der Waals surface area contributed by atoms with Crippen LogP contribution in [0.25, 0.3) is 11.3 Å². The van der Waals surface area contributed by atoms with Crippen molar-refractivity contribution in [2.45, 2.75) is 6.42 Å². The molecule has 0 atom stereocenters. The van der Waals surface area contributed by atoms with Crippen LogP contribution in [0.4, 0.5) is 0 Å². The molecule has 0 bridgehead atoms. The van der Waals surface area contributed by atoms with Crippen molar-refractivity contribution in [3.8, 4) is 11.3 Å². The second kappa shape index (κ2) is 4.23. The third kappa shape index (κ3) is 2.05. The molecule has 0 saturated heterocycles. The van der Waals surface area contributed by atoms with Crippen molar-refractivity contribution in [3.05, 3.63) is 36.3 Å². The van der Waals surface area contributed by atoms with E-state index in [1.165, 1.54) is 0 Å². The van der Waals surface area contributed by atoms with Gasteiger partial charge >= 0.3 is 0 Å². The lowest BCUT2D eigenvalue weighted by atomic mass is 10.1. The van der Waals surface area contributed by atoms with Gasteiger partial charge in [-0.1, -0.05) is 0 Å². The maximum atomic E-state index is 8.95. The lowest BCUT2D eigenvalue weighted by Gasteiger charge is -1.99. The minimum Gasteiger partial charge on any atom is -0.396 e. The van der Waals surface area contributed by atoms with Gasteiger partial charge in [-0.2, -0.15) is 5.10 Å². The van der Waals surface area contributed by atoms with E-state index in [4.69, 9.17) is 5.11 Å². The number of nitrogens with zero attached hydrogens (tertiary/aromatic N) is 3. The van der Waals surface area contributed by atoms with Gasteiger partial charge in [0, 0.05) is 43.4 Å². The molecule has 0 aliphatic rings. The van der Waals surface area contributed by atoms with Crippen LogP contribution in [-0.2, 0) is 13.5 Å². The predicted octanol–water partition coefficient (Wildman–Crippen LogP) is 1.02. The van der Waals surface area contributed by atoms with E-state index < -0.39 is 0 Å². The number of aryl methyl sites for hydroxylation is 1. The third-order valence-corrected chi connectivity index (χ3v) is 2.24. The summed E-state index contributed by atoms with van der Waals surface area (Å²) in [6.45, 7) is 0.143. The Labute approximate surface area is 88.2 Å². The fraction of sp³-hybridized carbons (Fsp3) is 0.273. The van der Waals surface area contributed by atoms with Gasteiger partial charge in [0.15, 0.2) is 0 Å². The first kappa shape index (κ1) is 9.86. The van der Waals surface area contributed by atoms with Crippen molar-refractivity contribution in [3.63, 3.8) is 0 Å². The Bertz CT molecular complexity index is 436. The van der Waals surface area contributed by atoms with E-state index in [1.54, 1.807) is 17.1 Å². The van der Waals surface area contributed by atoms with Crippen molar-refractivity contribution in [1.82, 2.24) is 14.8 Å². The van der Waals surface area contributed by atoms with Crippen molar-refractivity contribution in [1.29, 1.82) is 0 Å². The van der Waals surface area contributed by atoms with E-state index in [9.17, 15) is 0 Å². The summed E-state index contributed by atoms with van der Waals surface area (Å²) in [4.78, 5) is 3.97. The molecule has 4 heteroatoms. The van der Waals surface area contributed by atoms with Gasteiger partial charge in [-0.3, -0.25) is 9.67 Å². The molecule has 78 valence electrons. The van der Waals surface area contributed by atoms with E-state index >= 15 is 0 Å². The summed E-state index contributed by atoms with van der Waals surface area (Å²) >= 11 is 0. The zero-order valence-electron chi connectivity index (χ0n) is 8.59. The molecular weight excluding hydrogens is 190 g/mol. The molecule has 0 fully saturated rings. The number of pyridine rings is 1. The molecule has 0 amide bonds. The molecule has 0 radical (unpaired) electrons. The largest absolute Gasteiger partial charge is 0.396 e. The van der Waals surface area contributed by atoms with Gasteiger partial charge in [-0.05, 0) is 18.6 Å². The maximum Gasteiger partial charge on any atom is 0.0956 e. The Kier molecular flexibility index (Phi) is 2.78. The zero-order valence-corrected chi connectivity index (χ0v) is 8.59. The SMILES string of the molecule is Cn1cc(CCO)c(-c2ccncc2)n1. The molecular formula is C11H13N3O. The molecule has 1 N–H and O–H groups in total. The highest BCUT2D eigenvalue weighted by Gasteiger charge is 2.08. The van der Waals surface area contributed by atoms with Crippen LogP contribution >= 0.6 is 0 Å². The second-order valence-corrected chi connectivity index (χ2v) is 3.39. The van der Waals surface area contributed by atoms with Gasteiger partial charge in [0.2, 0.25) is 0 Å². The van der Waals surface area contributed by atoms with E-state index in [-0.39, 0.29) is 6.61 Å². The van der Waals surface area contributed by atoms with Gasteiger partial charge in [-0.15, -0.1) is 0 Å². The highest BCUT2D eigenvalue weighted by atomic mass is 16.2. The Hall–Kier alpha value is -1.68. The Morgan fingerprint density at radius 1 is 1.33 bits per heavy atom. The molecule has 0 aromatic carbocycles. The molecule has 2 rings (SSSR count). The molecule has 0 spiro atoms. The summed E-state index contributed by atoms with van der Waals surface area (Å²) in [6, 6.07) is 3.84. The summed E-state index contributed by atoms with van der Waals surface area (Å²) in [5.41, 5.74) is 3.02. The average molecular weight is 203 g/mol. The first-order valence-electron chi connectivity index (χ1n) is 4.85. The van der Waals surface area contributed by atoms with Gasteiger partial charge in [0.05, 0.1) is 5.69 Å². The predicted molar refractivity (Wildman–Crippen MR) is 57.2 cm³/mol. The number of aromatic nitrogens is 3. The van der Waals surface area contributed by atoms with Crippen LogP contribution in [0.2, 0.25) is 0 Å². The first-order valence-corrected chi connectivity index (χ1v) is 4.85. The van der Waals surface area contributed by atoms with Crippen molar-refractivity contribution in [2.75, 3.05) is 6.61 Å². The normalized spacial score (nSPS) is 10.5. The van der Waals surface area contributed by atoms with Crippen LogP contribution in [0.3, 0.4) is 0 Å². The molecule has 2 aromatic heterocycles. The van der Waals surface area contributed by atoms with Gasteiger partial charge in [-0.25, -0.2) is 0 Å². The van der Waals surface area contributed by atoms with E-state index in [0.29, 0.717) is 6.42 Å². The summed E-state index contributed by atoms with van der Waals surface area (Å²) < 4.78 is 1.76. The van der Waals surface area contributed by atoms with Crippen LogP contribution < -0.4 is 0 Å². The average Bonchev–Trinajstić information content (AvgIpc) is 2.62. The molecule has 0 aliphatic carbocycles. The molecule has 0 unspecified atom stereocenters. The molecule has 15 heavy (non-hydrogen) atoms. The van der Waals surface area contributed by atoms with Crippen LogP contribution in [0.5, 0.6) is 0 Å². The highest BCUT2D eigenvalue weighted by Crippen LogP contribution is 2.21. The van der Waals surface area contributed by atoms with E-state index in [0.717, 1.165) is 16.8 Å². The standard InChI is InChI=1S/C11H13N3O/c1-14-8-10(4-7-15)11(13-14)9-2-5-12-6-3-9/h2-3,5-6,8,15H,4,7H2,1H3. The van der Waals surface area contributed by atoms with Crippen LogP contribution in [0.1, 0.15) is 5.56 Å². The molecule has 0 aliphatic heterocycles. The summed E-state index contributed by atoms with van der Waals surface area (Å²) in [5, 5.41) is 13.3. The minimum atomic E-state index is 0.143. The van der Waals surface area contributed by atoms with Crippen molar-refractivity contribution in [2.24, 2.45) is 7.05 Å². The Balaban J connectivity index is 2.43. The monoisotopic (exact) mass is 203 g/mol. The number of hydrogen-bond donors (Lipinski definition) is 1. The van der Waals surface area contributed by atoms with Crippen LogP contribution in [0.15, 0.2) is 30.7 Å². The lowest BCUT2D eigenvalue weighted by molar-refractivity contribution is 0.300. The highest BCUT2D eigenvalue weighted by molar-refractivity contribution is 5.61. The second-order valence-electron chi connectivity index (χ2n) is 3.39. The fourth-order valence-electron chi connectivity index (χ4n) is 1.59. The molecule has 2 aromatic rings. The van der Waals surface area contributed by atoms with Gasteiger partial charge in [0.25, 0.3) is 0 Å². The summed E-state index contributed by atoms with van der Waals surface area (Å²) in [5.74, 6) is 0. The Morgan fingerprint density at radius 3 is 2.73 bits per heavy atom. The van der Waals surface area contributed by atoms with Gasteiger partial charge in [0.1, 0.15) is 0 Å². The number of hydrogen-bond acceptors (Lipinski definition) is 3. The van der Waals surface area contributed by atoms with Crippen molar-refractivity contribution >= 4 is 0 Å². The van der Waals surface area contributed by atoms with E-state index in [1.807, 2.05) is 25.4 Å². The molecule has 2 heterocycles. The maximum absolute atomic E-state index is 8.95. The number of aliphatic hydroxyl groups excluding tert-OH is 1. The van der Waals surface area contributed by atoms with E-state index in [2.05, 4.69) is 10.1 Å². The van der Waals surface area contributed by atoms with Crippen LogP contribution in [0, 0.1) is 0 Å². The zero-order chi connectivity index (χ0) is 10.7. The van der Waals surface area contributed by atoms with Gasteiger partial charge < -0.3 is 5.11 Å². The summed E-state index contributed by atoms with van der Waals surface area (Å²) in [7, 11) is 1.88. The van der Waals surface area contributed by atoms with Crippen molar-refractivity contribution < 1.29 is 5.11 Å². The third-order valence-electron chi connectivity index (χ3n) is 2.24.